The standard InChI is InChI=1S/C59H40N2/c1-5-21-41(22-6-1)46-29-17-20-36-56(46)61(44-27-11-4-12-28-44)57-40-52-48-31-16-19-35-54(48)59(58(52)51-33-14-13-32-50(51)57)53-34-18-15-30-47(53)49-38-37-45(39-55(49)59)60(42-23-7-2-8-24-42)43-25-9-3-10-26-43/h1-40H. The van der Waals surface area contributed by atoms with Crippen molar-refractivity contribution in [3.63, 3.8) is 0 Å². The molecule has 0 radical (unpaired) electrons. The summed E-state index contributed by atoms with van der Waals surface area (Å²) >= 11 is 0. The second-order valence-electron chi connectivity index (χ2n) is 16.0. The van der Waals surface area contributed by atoms with Gasteiger partial charge in [0.15, 0.2) is 0 Å². The van der Waals surface area contributed by atoms with Crippen LogP contribution >= 0.6 is 0 Å². The fraction of sp³-hybridized carbons (Fsp3) is 0.0169. The topological polar surface area (TPSA) is 6.48 Å². The molecule has 0 amide bonds. The largest absolute Gasteiger partial charge is 0.310 e. The molecule has 1 unspecified atom stereocenters. The van der Waals surface area contributed by atoms with Crippen LogP contribution in [0.25, 0.3) is 44.2 Å². The van der Waals surface area contributed by atoms with E-state index in [4.69, 9.17) is 0 Å². The summed E-state index contributed by atoms with van der Waals surface area (Å²) in [6, 6.07) is 89.0. The van der Waals surface area contributed by atoms with Gasteiger partial charge < -0.3 is 9.80 Å². The minimum Gasteiger partial charge on any atom is -0.310 e. The molecular formula is C59H40N2. The highest BCUT2D eigenvalue weighted by molar-refractivity contribution is 6.11. The van der Waals surface area contributed by atoms with Gasteiger partial charge in [-0.3, -0.25) is 0 Å². The van der Waals surface area contributed by atoms with Crippen LogP contribution in [-0.4, -0.2) is 0 Å². The molecule has 10 aromatic carbocycles. The first-order valence-electron chi connectivity index (χ1n) is 21.1. The van der Waals surface area contributed by atoms with Gasteiger partial charge in [0.1, 0.15) is 0 Å². The molecule has 2 aliphatic rings. The molecule has 2 heteroatoms. The van der Waals surface area contributed by atoms with Crippen LogP contribution in [0.1, 0.15) is 22.3 Å². The van der Waals surface area contributed by atoms with E-state index in [1.165, 1.54) is 66.4 Å². The highest BCUT2D eigenvalue weighted by Crippen LogP contribution is 2.65. The quantitative estimate of drug-likeness (QED) is 0.159. The molecule has 0 saturated heterocycles. The first-order valence-corrected chi connectivity index (χ1v) is 21.1. The Hall–Kier alpha value is -7.94. The second-order valence-corrected chi connectivity index (χ2v) is 16.0. The number of fused-ring (bicyclic) bond motifs is 12. The molecule has 0 aromatic heterocycles. The number of hydrogen-bond donors (Lipinski definition) is 0. The molecule has 0 aliphatic heterocycles. The highest BCUT2D eigenvalue weighted by atomic mass is 15.2. The average molecular weight is 777 g/mol. The monoisotopic (exact) mass is 776 g/mol. The van der Waals surface area contributed by atoms with E-state index in [-0.39, 0.29) is 0 Å². The first-order chi connectivity index (χ1) is 30.3. The molecule has 286 valence electrons. The predicted octanol–water partition coefficient (Wildman–Crippen LogP) is 15.8. The molecule has 2 aliphatic carbocycles. The second kappa shape index (κ2) is 14.1. The van der Waals surface area contributed by atoms with E-state index in [1.807, 2.05) is 0 Å². The first kappa shape index (κ1) is 35.0. The van der Waals surface area contributed by atoms with Crippen molar-refractivity contribution in [2.75, 3.05) is 9.80 Å². The number of nitrogens with zero attached hydrogens (tertiary/aromatic N) is 2. The minimum absolute atomic E-state index is 0.565. The van der Waals surface area contributed by atoms with Crippen molar-refractivity contribution >= 4 is 44.9 Å². The van der Waals surface area contributed by atoms with Crippen LogP contribution in [0.3, 0.4) is 0 Å². The van der Waals surface area contributed by atoms with Gasteiger partial charge in [-0.15, -0.1) is 0 Å². The Morgan fingerprint density at radius 3 is 1.34 bits per heavy atom. The zero-order valence-corrected chi connectivity index (χ0v) is 33.5. The fourth-order valence-electron chi connectivity index (χ4n) is 10.4. The summed E-state index contributed by atoms with van der Waals surface area (Å²) in [7, 11) is 0. The minimum atomic E-state index is -0.565. The summed E-state index contributed by atoms with van der Waals surface area (Å²) in [6.45, 7) is 0. The average Bonchev–Trinajstić information content (AvgIpc) is 3.80. The molecule has 0 fully saturated rings. The lowest BCUT2D eigenvalue weighted by molar-refractivity contribution is 0.801. The smallest absolute Gasteiger partial charge is 0.0732 e. The molecular weight excluding hydrogens is 737 g/mol. The third-order valence-corrected chi connectivity index (χ3v) is 12.8. The molecule has 10 aromatic rings. The van der Waals surface area contributed by atoms with Crippen LogP contribution in [0.5, 0.6) is 0 Å². The number of hydrogen-bond acceptors (Lipinski definition) is 2. The number of benzene rings is 10. The molecule has 1 atom stereocenters. The molecule has 0 N–H and O–H groups in total. The van der Waals surface area contributed by atoms with Crippen molar-refractivity contribution in [2.24, 2.45) is 0 Å². The van der Waals surface area contributed by atoms with Gasteiger partial charge in [-0.05, 0) is 116 Å². The Bertz CT molecular complexity index is 3210. The predicted molar refractivity (Wildman–Crippen MR) is 255 cm³/mol. The molecule has 0 heterocycles. The van der Waals surface area contributed by atoms with Gasteiger partial charge in [-0.25, -0.2) is 0 Å². The van der Waals surface area contributed by atoms with Crippen LogP contribution in [0.2, 0.25) is 0 Å². The lowest BCUT2D eigenvalue weighted by Crippen LogP contribution is -2.26. The number of para-hydroxylation sites is 4. The summed E-state index contributed by atoms with van der Waals surface area (Å²) in [5, 5.41) is 2.46. The fourth-order valence-corrected chi connectivity index (χ4v) is 10.4. The third kappa shape index (κ3) is 5.29. The van der Waals surface area contributed by atoms with Crippen molar-refractivity contribution in [2.45, 2.75) is 5.41 Å². The molecule has 12 rings (SSSR count). The van der Waals surface area contributed by atoms with Crippen LogP contribution in [0.15, 0.2) is 243 Å². The van der Waals surface area contributed by atoms with Crippen LogP contribution in [-0.2, 0) is 5.41 Å². The normalized spacial score (nSPS) is 14.3. The van der Waals surface area contributed by atoms with E-state index in [0.29, 0.717) is 0 Å². The van der Waals surface area contributed by atoms with Crippen LogP contribution in [0.4, 0.5) is 34.1 Å². The molecule has 0 bridgehead atoms. The summed E-state index contributed by atoms with van der Waals surface area (Å²) in [5.41, 5.74) is 18.9. The van der Waals surface area contributed by atoms with E-state index in [2.05, 4.69) is 252 Å². The lowest BCUT2D eigenvalue weighted by Gasteiger charge is -2.34. The zero-order chi connectivity index (χ0) is 40.3. The highest BCUT2D eigenvalue weighted by Gasteiger charge is 2.53. The summed E-state index contributed by atoms with van der Waals surface area (Å²) in [5.74, 6) is 0. The van der Waals surface area contributed by atoms with Crippen LogP contribution in [0, 0.1) is 0 Å². The Balaban J connectivity index is 1.17. The lowest BCUT2D eigenvalue weighted by atomic mass is 9.69. The Morgan fingerprint density at radius 2 is 0.721 bits per heavy atom. The van der Waals surface area contributed by atoms with Crippen LogP contribution < -0.4 is 9.80 Å². The zero-order valence-electron chi connectivity index (χ0n) is 33.5. The van der Waals surface area contributed by atoms with Gasteiger partial charge in [0.2, 0.25) is 0 Å². The SMILES string of the molecule is c1ccc(-c2ccccc2N(c2ccccc2)c2cc3c(c4ccccc24)C2(c4ccccc4-c4ccc(N(c5ccccc5)c5ccccc5)cc42)c2ccccc2-3)cc1. The Labute approximate surface area is 356 Å². The van der Waals surface area contributed by atoms with Gasteiger partial charge in [-0.1, -0.05) is 182 Å². The molecule has 61 heavy (non-hydrogen) atoms. The van der Waals surface area contributed by atoms with Gasteiger partial charge in [0.25, 0.3) is 0 Å². The van der Waals surface area contributed by atoms with E-state index < -0.39 is 5.41 Å². The van der Waals surface area contributed by atoms with Crippen molar-refractivity contribution in [1.29, 1.82) is 0 Å². The third-order valence-electron chi connectivity index (χ3n) is 12.8. The van der Waals surface area contributed by atoms with Gasteiger partial charge in [0, 0.05) is 33.7 Å². The Morgan fingerprint density at radius 1 is 0.262 bits per heavy atom. The van der Waals surface area contributed by atoms with Gasteiger partial charge in [-0.2, -0.15) is 0 Å². The van der Waals surface area contributed by atoms with E-state index in [0.717, 1.165) is 34.1 Å². The van der Waals surface area contributed by atoms with E-state index in [9.17, 15) is 0 Å². The van der Waals surface area contributed by atoms with Crippen molar-refractivity contribution in [3.05, 3.63) is 265 Å². The summed E-state index contributed by atoms with van der Waals surface area (Å²) in [6.07, 6.45) is 0. The molecule has 1 spiro atoms. The maximum Gasteiger partial charge on any atom is 0.0732 e. The molecule has 0 saturated carbocycles. The van der Waals surface area contributed by atoms with E-state index in [1.54, 1.807) is 0 Å². The van der Waals surface area contributed by atoms with E-state index >= 15 is 0 Å². The number of anilines is 6. The van der Waals surface area contributed by atoms with Crippen molar-refractivity contribution < 1.29 is 0 Å². The summed E-state index contributed by atoms with van der Waals surface area (Å²) < 4.78 is 0. The van der Waals surface area contributed by atoms with Gasteiger partial charge >= 0.3 is 0 Å². The van der Waals surface area contributed by atoms with Gasteiger partial charge in [0.05, 0.1) is 16.8 Å². The number of rotatable bonds is 7. The van der Waals surface area contributed by atoms with Crippen molar-refractivity contribution in [1.82, 2.24) is 0 Å². The molecule has 2 nitrogen and oxygen atoms in total. The Kier molecular flexibility index (Phi) is 8.11. The maximum atomic E-state index is 2.49. The maximum absolute atomic E-state index is 2.49. The van der Waals surface area contributed by atoms with Crippen molar-refractivity contribution in [3.8, 4) is 33.4 Å². The summed E-state index contributed by atoms with van der Waals surface area (Å²) in [4.78, 5) is 4.87.